The van der Waals surface area contributed by atoms with Crippen LogP contribution in [0.4, 0.5) is 5.95 Å². The maximum absolute atomic E-state index is 12.3. The molecule has 2 fully saturated rings. The third-order valence-electron chi connectivity index (χ3n) is 6.22. The second-order valence-electron chi connectivity index (χ2n) is 10.0. The van der Waals surface area contributed by atoms with E-state index in [1.807, 2.05) is 13.8 Å². The lowest BCUT2D eigenvalue weighted by Gasteiger charge is -2.29. The first-order valence-electron chi connectivity index (χ1n) is 12.2. The summed E-state index contributed by atoms with van der Waals surface area (Å²) >= 11 is 0. The highest BCUT2D eigenvalue weighted by atomic mass is 32.2. The Morgan fingerprint density at radius 3 is 2.53 bits per heavy atom. The van der Waals surface area contributed by atoms with Gasteiger partial charge in [-0.15, -0.1) is 0 Å². The van der Waals surface area contributed by atoms with Crippen molar-refractivity contribution in [1.82, 2.24) is 34.3 Å². The van der Waals surface area contributed by atoms with Crippen molar-refractivity contribution in [2.24, 2.45) is 10.9 Å². The number of aromatic nitrogens is 6. The van der Waals surface area contributed by atoms with Crippen LogP contribution in [0.5, 0.6) is 5.88 Å². The minimum absolute atomic E-state index is 0.0668. The first-order valence-corrected chi connectivity index (χ1v) is 13.9. The summed E-state index contributed by atoms with van der Waals surface area (Å²) < 4.78 is 29.0. The average Bonchev–Trinajstić information content (AvgIpc) is 3.42. The van der Waals surface area contributed by atoms with Gasteiger partial charge in [-0.2, -0.15) is 19.6 Å². The van der Waals surface area contributed by atoms with Gasteiger partial charge in [-0.05, 0) is 50.5 Å². The van der Waals surface area contributed by atoms with Crippen molar-refractivity contribution in [2.75, 3.05) is 11.1 Å². The quantitative estimate of drug-likeness (QED) is 0.271. The maximum atomic E-state index is 12.3. The van der Waals surface area contributed by atoms with Crippen molar-refractivity contribution in [1.29, 1.82) is 0 Å². The number of rotatable bonds is 8. The third-order valence-corrected chi connectivity index (χ3v) is 8.02. The molecule has 0 radical (unpaired) electrons. The summed E-state index contributed by atoms with van der Waals surface area (Å²) in [7, 11) is -3.28. The summed E-state index contributed by atoms with van der Waals surface area (Å²) in [5.41, 5.74) is 0.635. The molecule has 13 nitrogen and oxygen atoms in total. The highest BCUT2D eigenvalue weighted by Gasteiger charge is 2.26. The van der Waals surface area contributed by atoms with Gasteiger partial charge in [0, 0.05) is 17.3 Å². The van der Waals surface area contributed by atoms with E-state index < -0.39 is 15.7 Å². The largest absolute Gasteiger partial charge is 0.493 e. The van der Waals surface area contributed by atoms with Gasteiger partial charge in [-0.3, -0.25) is 4.98 Å². The van der Waals surface area contributed by atoms with E-state index in [9.17, 15) is 18.3 Å². The van der Waals surface area contributed by atoms with Crippen molar-refractivity contribution < 1.29 is 13.5 Å². The molecule has 2 aliphatic rings. The Morgan fingerprint density at radius 1 is 1.17 bits per heavy atom. The third kappa shape index (κ3) is 5.75. The number of fused-ring (bicyclic) bond motifs is 1. The molecule has 5 N–H and O–H groups in total. The van der Waals surface area contributed by atoms with Crippen LogP contribution in [0, 0.1) is 5.92 Å². The molecule has 3 heterocycles. The highest BCUT2D eigenvalue weighted by Crippen LogP contribution is 2.23. The Kier molecular flexibility index (Phi) is 6.55. The van der Waals surface area contributed by atoms with Crippen LogP contribution in [0.15, 0.2) is 16.0 Å². The summed E-state index contributed by atoms with van der Waals surface area (Å²) in [4.78, 5) is 30.3. The minimum Gasteiger partial charge on any atom is -0.493 e. The van der Waals surface area contributed by atoms with Gasteiger partial charge in [0.15, 0.2) is 5.65 Å². The number of hydrogen-bond acceptors (Lipinski definition) is 9. The summed E-state index contributed by atoms with van der Waals surface area (Å²) in [6.07, 6.45) is 8.17. The summed E-state index contributed by atoms with van der Waals surface area (Å²) in [5.74, 6) is 0.351. The predicted octanol–water partition coefficient (Wildman–Crippen LogP) is -0.244. The van der Waals surface area contributed by atoms with Crippen LogP contribution >= 0.6 is 0 Å². The first-order chi connectivity index (χ1) is 17.1. The molecule has 36 heavy (non-hydrogen) atoms. The molecular formula is C22H31N9O4S. The SMILES string of the molecule is CC(C)CS(=O)(=O)NC1CCC(Nc2nc(=NC3CC3)n3nc/c(=C/c4[nH]c(=O)[nH]c4O)c3n2)CC1. The van der Waals surface area contributed by atoms with Crippen LogP contribution in [0.2, 0.25) is 0 Å². The Hall–Kier alpha value is -3.26. The van der Waals surface area contributed by atoms with E-state index in [-0.39, 0.29) is 41.4 Å². The van der Waals surface area contributed by atoms with Gasteiger partial charge in [0.05, 0.1) is 18.0 Å². The molecule has 0 bridgehead atoms. The molecule has 14 heteroatoms. The van der Waals surface area contributed by atoms with Crippen molar-refractivity contribution in [3.8, 4) is 5.88 Å². The van der Waals surface area contributed by atoms with Gasteiger partial charge in [-0.1, -0.05) is 13.8 Å². The van der Waals surface area contributed by atoms with Crippen LogP contribution in [0.1, 0.15) is 58.1 Å². The standard InChI is InChI=1S/C22H31N9O4S/c1-12(2)11-36(34,35)30-16-7-5-14(6-8-16)24-20-27-18-13(9-17-19(32)28-22(33)26-17)10-23-31(18)21(29-20)25-15-3-4-15/h9-10,12,14-16,30,32H,3-8,11H2,1-2H3,(H,24,25,29)(H2,26,28,33)/b13-9-. The molecule has 0 spiro atoms. The summed E-state index contributed by atoms with van der Waals surface area (Å²) in [5, 5.41) is 18.3. The smallest absolute Gasteiger partial charge is 0.326 e. The molecule has 194 valence electrons. The van der Waals surface area contributed by atoms with Crippen LogP contribution in [-0.2, 0) is 10.0 Å². The van der Waals surface area contributed by atoms with Gasteiger partial charge < -0.3 is 15.4 Å². The number of aromatic amines is 2. The van der Waals surface area contributed by atoms with Crippen LogP contribution in [0.3, 0.4) is 0 Å². The van der Waals surface area contributed by atoms with Gasteiger partial charge in [0.2, 0.25) is 21.9 Å². The van der Waals surface area contributed by atoms with Crippen molar-refractivity contribution in [3.63, 3.8) is 0 Å². The van der Waals surface area contributed by atoms with Crippen LogP contribution < -0.4 is 26.6 Å². The zero-order valence-electron chi connectivity index (χ0n) is 20.2. The van der Waals surface area contributed by atoms with Gasteiger partial charge in [0.25, 0.3) is 5.62 Å². The molecule has 2 saturated carbocycles. The fourth-order valence-corrected chi connectivity index (χ4v) is 6.14. The summed E-state index contributed by atoms with van der Waals surface area (Å²) in [6.45, 7) is 3.79. The minimum atomic E-state index is -3.28. The molecule has 0 saturated heterocycles. The molecular weight excluding hydrogens is 486 g/mol. The molecule has 0 amide bonds. The van der Waals surface area contributed by atoms with Gasteiger partial charge in [-0.25, -0.2) is 22.9 Å². The topological polar surface area (TPSA) is 183 Å². The number of aromatic hydroxyl groups is 1. The Balaban J connectivity index is 1.38. The number of H-pyrrole nitrogens is 2. The fraction of sp³-hybridized carbons (Fsp3) is 0.591. The fourth-order valence-electron chi connectivity index (χ4n) is 4.42. The predicted molar refractivity (Wildman–Crippen MR) is 133 cm³/mol. The lowest BCUT2D eigenvalue weighted by molar-refractivity contribution is 0.385. The van der Waals surface area contributed by atoms with E-state index in [1.165, 1.54) is 0 Å². The lowest BCUT2D eigenvalue weighted by Crippen LogP contribution is -2.42. The lowest BCUT2D eigenvalue weighted by atomic mass is 9.92. The monoisotopic (exact) mass is 517 g/mol. The molecule has 3 aromatic rings. The van der Waals surface area contributed by atoms with E-state index in [0.29, 0.717) is 22.4 Å². The second kappa shape index (κ2) is 9.65. The van der Waals surface area contributed by atoms with Crippen molar-refractivity contribution >= 4 is 27.7 Å². The van der Waals surface area contributed by atoms with Crippen molar-refractivity contribution in [2.45, 2.75) is 70.5 Å². The molecule has 3 aromatic heterocycles. The van der Waals surface area contributed by atoms with E-state index in [1.54, 1.807) is 16.8 Å². The number of sulfonamides is 1. The zero-order valence-corrected chi connectivity index (χ0v) is 21.0. The Bertz CT molecular complexity index is 1530. The van der Waals surface area contributed by atoms with E-state index >= 15 is 0 Å². The number of hydrogen-bond donors (Lipinski definition) is 5. The molecule has 0 unspecified atom stereocenters. The summed E-state index contributed by atoms with van der Waals surface area (Å²) in [6, 6.07) is 0.238. The highest BCUT2D eigenvalue weighted by molar-refractivity contribution is 7.89. The number of anilines is 1. The van der Waals surface area contributed by atoms with Crippen LogP contribution in [-0.4, -0.2) is 67.0 Å². The molecule has 0 aliphatic heterocycles. The normalized spacial score (nSPS) is 22.1. The van der Waals surface area contributed by atoms with Crippen molar-refractivity contribution in [3.05, 3.63) is 33.2 Å². The number of nitrogens with zero attached hydrogens (tertiary/aromatic N) is 5. The number of imidazole rings is 1. The Labute approximate surface area is 207 Å². The average molecular weight is 518 g/mol. The second-order valence-corrected chi connectivity index (χ2v) is 11.8. The molecule has 0 atom stereocenters. The number of nitrogens with one attached hydrogen (secondary N) is 4. The van der Waals surface area contributed by atoms with Crippen LogP contribution in [0.25, 0.3) is 11.7 Å². The van der Waals surface area contributed by atoms with Gasteiger partial charge >= 0.3 is 5.69 Å². The zero-order chi connectivity index (χ0) is 25.4. The van der Waals surface area contributed by atoms with E-state index in [0.717, 1.165) is 38.5 Å². The molecule has 0 aromatic carbocycles. The Morgan fingerprint density at radius 2 is 1.89 bits per heavy atom. The molecule has 2 aliphatic carbocycles. The van der Waals surface area contributed by atoms with E-state index in [2.05, 4.69) is 40.1 Å². The first kappa shape index (κ1) is 24.4. The maximum Gasteiger partial charge on any atom is 0.326 e. The van der Waals surface area contributed by atoms with E-state index in [4.69, 9.17) is 0 Å². The molecule has 5 rings (SSSR count). The van der Waals surface area contributed by atoms with Gasteiger partial charge in [0.1, 0.15) is 5.69 Å².